The Morgan fingerprint density at radius 3 is 2.47 bits per heavy atom. The number of carbonyl (C=O) groups excluding carboxylic acids is 1. The quantitative estimate of drug-likeness (QED) is 0.617. The minimum Gasteiger partial charge on any atom is -0.340 e. The summed E-state index contributed by atoms with van der Waals surface area (Å²) in [5, 5.41) is -0.337. The smallest absolute Gasteiger partial charge is 0.340 e. The number of carbonyl (C=O) groups is 1. The van der Waals surface area contributed by atoms with Crippen LogP contribution in [-0.2, 0) is 6.18 Å². The van der Waals surface area contributed by atoms with Crippen LogP contribution in [0.15, 0.2) is 18.2 Å². The molecule has 0 radical (unpaired) electrons. The van der Waals surface area contributed by atoms with E-state index in [9.17, 15) is 22.4 Å². The number of amides is 1. The maximum absolute atomic E-state index is 13.1. The summed E-state index contributed by atoms with van der Waals surface area (Å²) in [6.07, 6.45) is -4.83. The van der Waals surface area contributed by atoms with E-state index in [2.05, 4.69) is 0 Å². The van der Waals surface area contributed by atoms with Gasteiger partial charge < -0.3 is 4.90 Å². The monoisotopic (exact) mass is 297 g/mol. The fraction of sp³-hybridized carbons (Fsp3) is 0.417. The number of benzene rings is 1. The van der Waals surface area contributed by atoms with E-state index in [0.29, 0.717) is 12.1 Å². The van der Waals surface area contributed by atoms with Crippen LogP contribution < -0.4 is 0 Å². The lowest BCUT2D eigenvalue weighted by atomic mass is 10.1. The molecule has 1 atom stereocenters. The van der Waals surface area contributed by atoms with E-state index in [1.165, 1.54) is 11.9 Å². The molecule has 2 nitrogen and oxygen atoms in total. The van der Waals surface area contributed by atoms with Crippen molar-refractivity contribution >= 4 is 17.5 Å². The molecule has 0 spiro atoms. The molecule has 0 N–H and O–H groups in total. The molecule has 0 saturated heterocycles. The summed E-state index contributed by atoms with van der Waals surface area (Å²) < 4.78 is 50.6. The van der Waals surface area contributed by atoms with Crippen LogP contribution >= 0.6 is 11.6 Å². The van der Waals surface area contributed by atoms with E-state index < -0.39 is 23.5 Å². The minimum absolute atomic E-state index is 0.180. The van der Waals surface area contributed by atoms with E-state index in [4.69, 9.17) is 11.6 Å². The highest BCUT2D eigenvalue weighted by molar-refractivity contribution is 6.20. The van der Waals surface area contributed by atoms with E-state index in [1.54, 1.807) is 6.92 Å². The van der Waals surface area contributed by atoms with Gasteiger partial charge in [0.1, 0.15) is 5.82 Å². The van der Waals surface area contributed by atoms with Gasteiger partial charge in [-0.1, -0.05) is 0 Å². The maximum atomic E-state index is 13.1. The molecule has 1 aromatic carbocycles. The van der Waals surface area contributed by atoms with Crippen molar-refractivity contribution in [1.29, 1.82) is 0 Å². The lowest BCUT2D eigenvalue weighted by Crippen LogP contribution is -2.31. The zero-order valence-corrected chi connectivity index (χ0v) is 11.0. The second-order valence-corrected chi connectivity index (χ2v) is 4.90. The fourth-order valence-electron chi connectivity index (χ4n) is 1.56. The van der Waals surface area contributed by atoms with Gasteiger partial charge in [0.2, 0.25) is 0 Å². The van der Waals surface area contributed by atoms with Crippen molar-refractivity contribution in [2.24, 2.45) is 0 Å². The minimum atomic E-state index is -4.83. The Kier molecular flexibility index (Phi) is 4.79. The Bertz CT molecular complexity index is 473. The Labute approximate surface area is 113 Å². The first-order valence-electron chi connectivity index (χ1n) is 5.39. The topological polar surface area (TPSA) is 20.3 Å². The Balaban J connectivity index is 3.06. The Morgan fingerprint density at radius 2 is 2.00 bits per heavy atom. The molecule has 7 heteroatoms. The normalized spacial score (nSPS) is 13.2. The standard InChI is InChI=1S/C12H12ClF4NO/c1-7(13)6-18(2)11(19)8-3-4-10(14)9(5-8)12(15,16)17/h3-5,7H,6H2,1-2H3. The van der Waals surface area contributed by atoms with Crippen molar-refractivity contribution in [1.82, 2.24) is 4.90 Å². The van der Waals surface area contributed by atoms with Crippen LogP contribution in [0.5, 0.6) is 0 Å². The number of rotatable bonds is 3. The third-order valence-electron chi connectivity index (χ3n) is 2.39. The molecule has 1 unspecified atom stereocenters. The molecule has 1 aromatic rings. The predicted molar refractivity (Wildman–Crippen MR) is 63.7 cm³/mol. The number of hydrogen-bond acceptors (Lipinski definition) is 1. The molecule has 0 saturated carbocycles. The number of halogens is 5. The average Bonchev–Trinajstić information content (AvgIpc) is 2.26. The lowest BCUT2D eigenvalue weighted by Gasteiger charge is -2.19. The van der Waals surface area contributed by atoms with Crippen molar-refractivity contribution in [2.75, 3.05) is 13.6 Å². The summed E-state index contributed by atoms with van der Waals surface area (Å²) in [5.74, 6) is -2.05. The third kappa shape index (κ3) is 4.09. The lowest BCUT2D eigenvalue weighted by molar-refractivity contribution is -0.140. The Hall–Kier alpha value is -1.30. The largest absolute Gasteiger partial charge is 0.419 e. The van der Waals surface area contributed by atoms with Crippen molar-refractivity contribution in [3.8, 4) is 0 Å². The first-order valence-corrected chi connectivity index (χ1v) is 5.83. The van der Waals surface area contributed by atoms with Crippen LogP contribution in [0.4, 0.5) is 17.6 Å². The van der Waals surface area contributed by atoms with E-state index in [-0.39, 0.29) is 17.5 Å². The van der Waals surface area contributed by atoms with Crippen LogP contribution in [0.1, 0.15) is 22.8 Å². The highest BCUT2D eigenvalue weighted by Gasteiger charge is 2.34. The van der Waals surface area contributed by atoms with Crippen molar-refractivity contribution in [3.63, 3.8) is 0 Å². The highest BCUT2D eigenvalue weighted by Crippen LogP contribution is 2.32. The van der Waals surface area contributed by atoms with E-state index in [0.717, 1.165) is 6.07 Å². The van der Waals surface area contributed by atoms with Gasteiger partial charge in [0, 0.05) is 24.5 Å². The van der Waals surface area contributed by atoms with Gasteiger partial charge >= 0.3 is 6.18 Å². The molecule has 19 heavy (non-hydrogen) atoms. The summed E-state index contributed by atoms with van der Waals surface area (Å²) in [7, 11) is 1.41. The summed E-state index contributed by atoms with van der Waals surface area (Å²) in [4.78, 5) is 13.0. The van der Waals surface area contributed by atoms with Crippen LogP contribution in [0.2, 0.25) is 0 Å². The van der Waals surface area contributed by atoms with Crippen molar-refractivity contribution < 1.29 is 22.4 Å². The summed E-state index contributed by atoms with van der Waals surface area (Å²) in [5.41, 5.74) is -1.68. The SMILES string of the molecule is CC(Cl)CN(C)C(=O)c1ccc(F)c(C(F)(F)F)c1. The van der Waals surface area contributed by atoms with Crippen LogP contribution in [-0.4, -0.2) is 29.8 Å². The first-order chi connectivity index (χ1) is 8.62. The van der Waals surface area contributed by atoms with Gasteiger partial charge in [-0.2, -0.15) is 13.2 Å². The summed E-state index contributed by atoms with van der Waals surface area (Å²) in [6.45, 7) is 1.83. The summed E-state index contributed by atoms with van der Waals surface area (Å²) >= 11 is 5.70. The van der Waals surface area contributed by atoms with E-state index >= 15 is 0 Å². The summed E-state index contributed by atoms with van der Waals surface area (Å²) in [6, 6.07) is 2.16. The van der Waals surface area contributed by atoms with Gasteiger partial charge in [-0.25, -0.2) is 4.39 Å². The van der Waals surface area contributed by atoms with Crippen LogP contribution in [0.25, 0.3) is 0 Å². The van der Waals surface area contributed by atoms with Gasteiger partial charge in [-0.3, -0.25) is 4.79 Å². The predicted octanol–water partition coefficient (Wildman–Crippen LogP) is 3.54. The zero-order valence-electron chi connectivity index (χ0n) is 10.3. The molecule has 0 aliphatic rings. The number of nitrogens with zero attached hydrogens (tertiary/aromatic N) is 1. The van der Waals surface area contributed by atoms with Crippen LogP contribution in [0.3, 0.4) is 0 Å². The Morgan fingerprint density at radius 1 is 1.42 bits per heavy atom. The third-order valence-corrected chi connectivity index (χ3v) is 2.53. The van der Waals surface area contributed by atoms with Gasteiger partial charge in [0.15, 0.2) is 0 Å². The molecule has 0 fully saturated rings. The second-order valence-electron chi connectivity index (χ2n) is 4.16. The van der Waals surface area contributed by atoms with Gasteiger partial charge in [-0.15, -0.1) is 11.6 Å². The van der Waals surface area contributed by atoms with Crippen LogP contribution in [0, 0.1) is 5.82 Å². The molecular weight excluding hydrogens is 286 g/mol. The molecule has 0 aliphatic heterocycles. The molecule has 1 amide bonds. The van der Waals surface area contributed by atoms with Gasteiger partial charge in [0.05, 0.1) is 5.56 Å². The van der Waals surface area contributed by atoms with Gasteiger partial charge in [-0.05, 0) is 25.1 Å². The molecular formula is C12H12ClF4NO. The maximum Gasteiger partial charge on any atom is 0.419 e. The first kappa shape index (κ1) is 15.8. The molecule has 0 bridgehead atoms. The van der Waals surface area contributed by atoms with Crippen molar-refractivity contribution in [3.05, 3.63) is 35.1 Å². The van der Waals surface area contributed by atoms with Crippen molar-refractivity contribution in [2.45, 2.75) is 18.5 Å². The number of hydrogen-bond donors (Lipinski definition) is 0. The zero-order chi connectivity index (χ0) is 14.8. The number of alkyl halides is 4. The molecule has 106 valence electrons. The molecule has 0 heterocycles. The molecule has 1 rings (SSSR count). The van der Waals surface area contributed by atoms with Gasteiger partial charge in [0.25, 0.3) is 5.91 Å². The average molecular weight is 298 g/mol. The molecule has 0 aliphatic carbocycles. The van der Waals surface area contributed by atoms with E-state index in [1.807, 2.05) is 0 Å². The molecule has 0 aromatic heterocycles. The fourth-order valence-corrected chi connectivity index (χ4v) is 1.76. The second kappa shape index (κ2) is 5.77. The highest BCUT2D eigenvalue weighted by atomic mass is 35.5.